The highest BCUT2D eigenvalue weighted by Gasteiger charge is 2.17. The quantitative estimate of drug-likeness (QED) is 0.783. The second-order valence-electron chi connectivity index (χ2n) is 4.62. The first-order valence-corrected chi connectivity index (χ1v) is 8.22. The molecular weight excluding hydrogens is 300 g/mol. The fraction of sp³-hybridized carbons (Fsp3) is 0.500. The predicted octanol–water partition coefficient (Wildman–Crippen LogP) is 3.93. The van der Waals surface area contributed by atoms with Crippen LogP contribution in [0, 0.1) is 0 Å². The minimum absolute atomic E-state index is 0.328. The second kappa shape index (κ2) is 6.15. The molecule has 0 aliphatic rings. The Morgan fingerprint density at radius 2 is 2.16 bits per heavy atom. The van der Waals surface area contributed by atoms with E-state index in [0.29, 0.717) is 6.04 Å². The third-order valence-electron chi connectivity index (χ3n) is 2.59. The topological polar surface area (TPSA) is 34.0 Å². The van der Waals surface area contributed by atoms with Gasteiger partial charge in [-0.1, -0.05) is 23.4 Å². The van der Waals surface area contributed by atoms with E-state index >= 15 is 0 Å². The Bertz CT molecular complexity index is 548. The van der Waals surface area contributed by atoms with Crippen LogP contribution in [0.2, 0.25) is 5.02 Å². The van der Waals surface area contributed by atoms with Gasteiger partial charge >= 0.3 is 0 Å². The van der Waals surface area contributed by atoms with Crippen LogP contribution in [-0.2, 0) is 5.75 Å². The average Bonchev–Trinajstić information content (AvgIpc) is 2.92. The summed E-state index contributed by atoms with van der Waals surface area (Å²) in [5, 5.41) is 12.3. The Morgan fingerprint density at radius 3 is 2.68 bits per heavy atom. The first-order chi connectivity index (χ1) is 9.00. The van der Waals surface area contributed by atoms with E-state index in [-0.39, 0.29) is 0 Å². The molecule has 4 nitrogen and oxygen atoms in total. The van der Waals surface area contributed by atoms with E-state index in [1.807, 2.05) is 30.4 Å². The van der Waals surface area contributed by atoms with Crippen LogP contribution < -0.4 is 4.90 Å². The monoisotopic (exact) mass is 316 g/mol. The van der Waals surface area contributed by atoms with E-state index in [2.05, 4.69) is 28.6 Å². The van der Waals surface area contributed by atoms with Crippen LogP contribution in [-0.4, -0.2) is 28.9 Å². The van der Waals surface area contributed by atoms with Gasteiger partial charge < -0.3 is 4.90 Å². The summed E-state index contributed by atoms with van der Waals surface area (Å²) in [6.07, 6.45) is 0. The van der Waals surface area contributed by atoms with Crippen molar-refractivity contribution in [3.8, 4) is 0 Å². The molecule has 0 spiro atoms. The second-order valence-corrected chi connectivity index (χ2v) is 6.97. The molecule has 0 N–H and O–H groups in total. The molecule has 0 saturated carbocycles. The van der Waals surface area contributed by atoms with Crippen molar-refractivity contribution >= 4 is 40.6 Å². The van der Waals surface area contributed by atoms with E-state index in [9.17, 15) is 0 Å². The molecule has 2 aromatic heterocycles. The van der Waals surface area contributed by atoms with Gasteiger partial charge in [-0.2, -0.15) is 0 Å². The highest BCUT2D eigenvalue weighted by atomic mass is 35.5. The highest BCUT2D eigenvalue weighted by Crippen LogP contribution is 2.32. The first-order valence-electron chi connectivity index (χ1n) is 5.97. The fourth-order valence-electron chi connectivity index (χ4n) is 1.68. The summed E-state index contributed by atoms with van der Waals surface area (Å²) in [6, 6.07) is 2.26. The van der Waals surface area contributed by atoms with Crippen LogP contribution in [0.25, 0.3) is 0 Å². The molecule has 2 aromatic rings. The van der Waals surface area contributed by atoms with Crippen molar-refractivity contribution in [2.24, 2.45) is 0 Å². The van der Waals surface area contributed by atoms with Crippen LogP contribution in [0.3, 0.4) is 0 Å². The Balaban J connectivity index is 2.19. The number of hydrogen-bond acceptors (Lipinski definition) is 5. The Labute approximate surface area is 126 Å². The third-order valence-corrected chi connectivity index (χ3v) is 5.13. The summed E-state index contributed by atoms with van der Waals surface area (Å²) in [7, 11) is 3.96. The fourth-order valence-corrected chi connectivity index (χ4v) is 4.04. The van der Waals surface area contributed by atoms with Crippen molar-refractivity contribution in [2.75, 3.05) is 19.0 Å². The number of nitrogens with zero attached hydrogens (tertiary/aromatic N) is 4. The molecule has 2 rings (SSSR count). The molecule has 0 unspecified atom stereocenters. The smallest absolute Gasteiger partial charge is 0.227 e. The molecule has 7 heteroatoms. The van der Waals surface area contributed by atoms with Gasteiger partial charge in [-0.25, -0.2) is 0 Å². The maximum Gasteiger partial charge on any atom is 0.227 e. The van der Waals surface area contributed by atoms with E-state index < -0.39 is 0 Å². The number of hydrogen-bond donors (Lipinski definition) is 0. The number of thiophene rings is 1. The largest absolute Gasteiger partial charge is 0.347 e. The Morgan fingerprint density at radius 1 is 1.42 bits per heavy atom. The lowest BCUT2D eigenvalue weighted by atomic mass is 10.4. The maximum atomic E-state index is 6.11. The van der Waals surface area contributed by atoms with Gasteiger partial charge in [0.15, 0.2) is 5.16 Å². The summed E-state index contributed by atoms with van der Waals surface area (Å²) in [6.45, 7) is 4.27. The van der Waals surface area contributed by atoms with Crippen molar-refractivity contribution in [1.29, 1.82) is 0 Å². The zero-order valence-electron chi connectivity index (χ0n) is 11.4. The van der Waals surface area contributed by atoms with E-state index in [1.165, 1.54) is 4.88 Å². The van der Waals surface area contributed by atoms with Crippen LogP contribution in [0.5, 0.6) is 0 Å². The van der Waals surface area contributed by atoms with Crippen LogP contribution >= 0.6 is 34.7 Å². The summed E-state index contributed by atoms with van der Waals surface area (Å²) < 4.78 is 2.15. The predicted molar refractivity (Wildman–Crippen MR) is 83.6 cm³/mol. The summed E-state index contributed by atoms with van der Waals surface area (Å²) in [5.74, 6) is 1.71. The number of thioether (sulfide) groups is 1. The molecule has 0 aliphatic heterocycles. The van der Waals surface area contributed by atoms with Gasteiger partial charge in [0, 0.05) is 30.8 Å². The third kappa shape index (κ3) is 3.24. The minimum Gasteiger partial charge on any atom is -0.347 e. The van der Waals surface area contributed by atoms with Gasteiger partial charge in [-0.15, -0.1) is 21.5 Å². The normalized spacial score (nSPS) is 11.3. The van der Waals surface area contributed by atoms with Crippen LogP contribution in [0.4, 0.5) is 5.95 Å². The molecule has 0 aliphatic carbocycles. The van der Waals surface area contributed by atoms with E-state index in [4.69, 9.17) is 11.6 Å². The summed E-state index contributed by atoms with van der Waals surface area (Å²) in [5.41, 5.74) is 0. The zero-order chi connectivity index (χ0) is 14.0. The van der Waals surface area contributed by atoms with Crippen molar-refractivity contribution in [1.82, 2.24) is 14.8 Å². The maximum absolute atomic E-state index is 6.11. The summed E-state index contributed by atoms with van der Waals surface area (Å²) >= 11 is 9.46. The molecule has 0 amide bonds. The molecule has 19 heavy (non-hydrogen) atoms. The molecule has 104 valence electrons. The Kier molecular flexibility index (Phi) is 4.76. The SMILES string of the molecule is CC(C)n1c(SCc2sccc2Cl)nnc1N(C)C. The minimum atomic E-state index is 0.328. The Hall–Kier alpha value is -0.720. The van der Waals surface area contributed by atoms with Crippen LogP contribution in [0.1, 0.15) is 24.8 Å². The van der Waals surface area contributed by atoms with Crippen LogP contribution in [0.15, 0.2) is 16.6 Å². The van der Waals surface area contributed by atoms with Crippen molar-refractivity contribution in [2.45, 2.75) is 30.8 Å². The molecule has 0 fully saturated rings. The van der Waals surface area contributed by atoms with Crippen molar-refractivity contribution in [3.63, 3.8) is 0 Å². The van der Waals surface area contributed by atoms with Crippen molar-refractivity contribution in [3.05, 3.63) is 21.3 Å². The molecule has 0 bridgehead atoms. The number of rotatable bonds is 5. The van der Waals surface area contributed by atoms with Gasteiger partial charge in [0.05, 0.1) is 5.02 Å². The van der Waals surface area contributed by atoms with Gasteiger partial charge in [0.2, 0.25) is 5.95 Å². The molecule has 0 aromatic carbocycles. The lowest BCUT2D eigenvalue weighted by Crippen LogP contribution is -2.17. The standard InChI is InChI=1S/C12H17ClN4S2/c1-8(2)17-11(16(3)4)14-15-12(17)19-7-10-9(13)5-6-18-10/h5-6,8H,7H2,1-4H3. The molecule has 0 radical (unpaired) electrons. The van der Waals surface area contributed by atoms with Gasteiger partial charge in [-0.05, 0) is 25.3 Å². The van der Waals surface area contributed by atoms with Gasteiger partial charge in [0.1, 0.15) is 0 Å². The van der Waals surface area contributed by atoms with Crippen molar-refractivity contribution < 1.29 is 0 Å². The van der Waals surface area contributed by atoms with Gasteiger partial charge in [-0.3, -0.25) is 4.57 Å². The zero-order valence-corrected chi connectivity index (χ0v) is 13.8. The highest BCUT2D eigenvalue weighted by molar-refractivity contribution is 7.98. The number of anilines is 1. The van der Waals surface area contributed by atoms with Gasteiger partial charge in [0.25, 0.3) is 0 Å². The number of halogens is 1. The molecule has 2 heterocycles. The first kappa shape index (κ1) is 14.7. The average molecular weight is 317 g/mol. The number of aromatic nitrogens is 3. The molecule has 0 atom stereocenters. The summed E-state index contributed by atoms with van der Waals surface area (Å²) in [4.78, 5) is 3.16. The molecular formula is C12H17ClN4S2. The lowest BCUT2D eigenvalue weighted by Gasteiger charge is -2.17. The van der Waals surface area contributed by atoms with E-state index in [1.54, 1.807) is 23.1 Å². The molecule has 0 saturated heterocycles. The lowest BCUT2D eigenvalue weighted by molar-refractivity contribution is 0.549. The van der Waals surface area contributed by atoms with E-state index in [0.717, 1.165) is 21.9 Å².